The SMILES string of the molecule is CC.CC(c1ccccc1)(c1ccccc1)c1ccccc1.CCC(NC(C)=O)C(=O)NCCCCCC(=O)NCCCCN. The smallest absolute Gasteiger partial charge is 0.242 e. The number of hydrogen-bond acceptors (Lipinski definition) is 4. The number of nitrogens with one attached hydrogen (secondary N) is 3. The molecule has 7 heteroatoms. The highest BCUT2D eigenvalue weighted by Crippen LogP contribution is 2.38. The lowest BCUT2D eigenvalue weighted by molar-refractivity contribution is -0.128. The molecule has 0 aliphatic heterocycles. The van der Waals surface area contributed by atoms with Gasteiger partial charge in [-0.2, -0.15) is 0 Å². The fraction of sp³-hybridized carbons (Fsp3) is 0.447. The van der Waals surface area contributed by atoms with Crippen molar-refractivity contribution >= 4 is 17.7 Å². The molecular weight excluding hydrogens is 560 g/mol. The van der Waals surface area contributed by atoms with Crippen LogP contribution in [0.2, 0.25) is 0 Å². The van der Waals surface area contributed by atoms with Crippen LogP contribution in [0.5, 0.6) is 0 Å². The summed E-state index contributed by atoms with van der Waals surface area (Å²) in [7, 11) is 0. The molecule has 0 spiro atoms. The normalized spacial score (nSPS) is 11.1. The van der Waals surface area contributed by atoms with Gasteiger partial charge in [0, 0.05) is 31.8 Å². The molecule has 0 saturated carbocycles. The van der Waals surface area contributed by atoms with E-state index in [0.717, 1.165) is 32.1 Å². The number of benzene rings is 3. The average molecular weight is 617 g/mol. The van der Waals surface area contributed by atoms with Crippen LogP contribution in [0.3, 0.4) is 0 Å². The molecule has 0 saturated heterocycles. The van der Waals surface area contributed by atoms with Gasteiger partial charge in [-0.1, -0.05) is 118 Å². The molecule has 1 unspecified atom stereocenters. The minimum atomic E-state index is -0.466. The largest absolute Gasteiger partial charge is 0.356 e. The van der Waals surface area contributed by atoms with Crippen LogP contribution in [0.25, 0.3) is 0 Å². The Kier molecular flexibility index (Phi) is 20.3. The van der Waals surface area contributed by atoms with Crippen molar-refractivity contribution in [1.82, 2.24) is 16.0 Å². The summed E-state index contributed by atoms with van der Waals surface area (Å²) in [6.07, 6.45) is 5.44. The molecule has 3 rings (SSSR count). The maximum absolute atomic E-state index is 11.8. The summed E-state index contributed by atoms with van der Waals surface area (Å²) in [5.74, 6) is -0.285. The lowest BCUT2D eigenvalue weighted by Crippen LogP contribution is -2.45. The first kappa shape index (κ1) is 39.1. The number of rotatable bonds is 16. The van der Waals surface area contributed by atoms with E-state index in [-0.39, 0.29) is 23.1 Å². The minimum Gasteiger partial charge on any atom is -0.356 e. The highest BCUT2D eigenvalue weighted by molar-refractivity contribution is 5.86. The van der Waals surface area contributed by atoms with Gasteiger partial charge in [-0.05, 0) is 62.3 Å². The Morgan fingerprint density at radius 2 is 1.13 bits per heavy atom. The molecule has 0 radical (unpaired) electrons. The van der Waals surface area contributed by atoms with E-state index in [1.165, 1.54) is 23.6 Å². The van der Waals surface area contributed by atoms with E-state index < -0.39 is 6.04 Å². The first-order valence-electron chi connectivity index (χ1n) is 16.5. The number of hydrogen-bond donors (Lipinski definition) is 4. The molecule has 0 aliphatic rings. The van der Waals surface area contributed by atoms with Crippen LogP contribution in [0.15, 0.2) is 91.0 Å². The topological polar surface area (TPSA) is 113 Å². The van der Waals surface area contributed by atoms with Gasteiger partial charge in [-0.3, -0.25) is 14.4 Å². The summed E-state index contributed by atoms with van der Waals surface area (Å²) in [6, 6.07) is 31.7. The lowest BCUT2D eigenvalue weighted by atomic mass is 9.71. The van der Waals surface area contributed by atoms with Crippen molar-refractivity contribution in [3.63, 3.8) is 0 Å². The van der Waals surface area contributed by atoms with Crippen molar-refractivity contribution in [2.24, 2.45) is 5.73 Å². The second-order valence-electron chi connectivity index (χ2n) is 10.8. The second-order valence-corrected chi connectivity index (χ2v) is 10.8. The van der Waals surface area contributed by atoms with Crippen molar-refractivity contribution in [2.75, 3.05) is 19.6 Å². The molecule has 1 atom stereocenters. The van der Waals surface area contributed by atoms with Crippen LogP contribution in [0.4, 0.5) is 0 Å². The zero-order valence-corrected chi connectivity index (χ0v) is 28.1. The number of amides is 3. The van der Waals surface area contributed by atoms with Crippen LogP contribution in [-0.2, 0) is 19.8 Å². The van der Waals surface area contributed by atoms with E-state index in [2.05, 4.69) is 114 Å². The highest BCUT2D eigenvalue weighted by Gasteiger charge is 2.30. The van der Waals surface area contributed by atoms with Gasteiger partial charge in [0.15, 0.2) is 0 Å². The molecule has 7 nitrogen and oxygen atoms in total. The maximum Gasteiger partial charge on any atom is 0.242 e. The number of unbranched alkanes of at least 4 members (excludes halogenated alkanes) is 3. The summed E-state index contributed by atoms with van der Waals surface area (Å²) in [4.78, 5) is 34.3. The van der Waals surface area contributed by atoms with E-state index in [9.17, 15) is 14.4 Å². The van der Waals surface area contributed by atoms with Crippen LogP contribution in [0.1, 0.15) is 96.3 Å². The van der Waals surface area contributed by atoms with E-state index in [4.69, 9.17) is 5.73 Å². The first-order valence-corrected chi connectivity index (χ1v) is 16.5. The molecule has 246 valence electrons. The van der Waals surface area contributed by atoms with E-state index in [0.29, 0.717) is 32.5 Å². The maximum atomic E-state index is 11.8. The van der Waals surface area contributed by atoms with Gasteiger partial charge >= 0.3 is 0 Å². The molecule has 45 heavy (non-hydrogen) atoms. The standard InChI is InChI=1S/C20H18.C16H32N4O3.C2H6/c1-20(17-11-5-2-6-12-17,18-13-7-3-8-14-18)19-15-9-4-10-16-19;1-3-14(20-13(2)21)16(23)19-12-7-4-5-9-15(22)18-11-8-6-10-17;1-2/h2-16H,1H3;14H,3-12,17H2,1-2H3,(H,18,22)(H,19,23)(H,20,21);1-2H3. The third-order valence-electron chi connectivity index (χ3n) is 7.49. The van der Waals surface area contributed by atoms with Gasteiger partial charge in [-0.25, -0.2) is 0 Å². The van der Waals surface area contributed by atoms with Gasteiger partial charge in [0.05, 0.1) is 0 Å². The Bertz CT molecular complexity index is 1110. The van der Waals surface area contributed by atoms with E-state index in [1.807, 2.05) is 20.8 Å². The fourth-order valence-corrected chi connectivity index (χ4v) is 4.92. The second kappa shape index (κ2) is 23.4. The van der Waals surface area contributed by atoms with E-state index >= 15 is 0 Å². The number of carbonyl (C=O) groups excluding carboxylic acids is 3. The Balaban J connectivity index is 0.000000428. The first-order chi connectivity index (χ1) is 21.8. The third kappa shape index (κ3) is 14.6. The van der Waals surface area contributed by atoms with Gasteiger partial charge in [0.2, 0.25) is 17.7 Å². The summed E-state index contributed by atoms with van der Waals surface area (Å²) >= 11 is 0. The van der Waals surface area contributed by atoms with Crippen LogP contribution in [0, 0.1) is 0 Å². The Labute approximate surface area is 271 Å². The molecule has 3 amide bonds. The summed E-state index contributed by atoms with van der Waals surface area (Å²) in [5.41, 5.74) is 9.21. The molecule has 0 heterocycles. The quantitative estimate of drug-likeness (QED) is 0.109. The van der Waals surface area contributed by atoms with Crippen molar-refractivity contribution in [1.29, 1.82) is 0 Å². The van der Waals surface area contributed by atoms with Crippen LogP contribution >= 0.6 is 0 Å². The summed E-state index contributed by atoms with van der Waals surface area (Å²) < 4.78 is 0. The van der Waals surface area contributed by atoms with Gasteiger partial charge in [0.25, 0.3) is 0 Å². The molecule has 0 aliphatic carbocycles. The van der Waals surface area contributed by atoms with Gasteiger partial charge in [-0.15, -0.1) is 0 Å². The monoisotopic (exact) mass is 616 g/mol. The minimum absolute atomic E-state index is 0.0720. The highest BCUT2D eigenvalue weighted by atomic mass is 16.2. The summed E-state index contributed by atoms with van der Waals surface area (Å²) in [6.45, 7) is 11.5. The molecule has 0 aromatic heterocycles. The molecule has 3 aromatic carbocycles. The fourth-order valence-electron chi connectivity index (χ4n) is 4.92. The Morgan fingerprint density at radius 1 is 0.689 bits per heavy atom. The van der Waals surface area contributed by atoms with Crippen molar-refractivity contribution in [3.05, 3.63) is 108 Å². The van der Waals surface area contributed by atoms with Gasteiger partial charge in [0.1, 0.15) is 6.04 Å². The molecule has 5 N–H and O–H groups in total. The number of carbonyl (C=O) groups is 3. The summed E-state index contributed by atoms with van der Waals surface area (Å²) in [5, 5.41) is 8.29. The zero-order chi connectivity index (χ0) is 33.3. The Hall–Kier alpha value is -3.97. The molecule has 0 fully saturated rings. The lowest BCUT2D eigenvalue weighted by Gasteiger charge is -2.31. The van der Waals surface area contributed by atoms with E-state index in [1.54, 1.807) is 0 Å². The zero-order valence-electron chi connectivity index (χ0n) is 28.1. The van der Waals surface area contributed by atoms with Crippen molar-refractivity contribution in [3.8, 4) is 0 Å². The van der Waals surface area contributed by atoms with Crippen molar-refractivity contribution in [2.45, 2.75) is 91.0 Å². The third-order valence-corrected chi connectivity index (χ3v) is 7.49. The van der Waals surface area contributed by atoms with Gasteiger partial charge < -0.3 is 21.7 Å². The number of nitrogens with two attached hydrogens (primary N) is 1. The van der Waals surface area contributed by atoms with Crippen LogP contribution in [-0.4, -0.2) is 43.4 Å². The van der Waals surface area contributed by atoms with Crippen LogP contribution < -0.4 is 21.7 Å². The predicted molar refractivity (Wildman–Crippen MR) is 187 cm³/mol. The molecule has 0 bridgehead atoms. The Morgan fingerprint density at radius 3 is 1.56 bits per heavy atom. The average Bonchev–Trinajstić information content (AvgIpc) is 3.09. The molecule has 3 aromatic rings. The molecular formula is C38H56N4O3. The predicted octanol–water partition coefficient (Wildman–Crippen LogP) is 6.50. The van der Waals surface area contributed by atoms with Crippen molar-refractivity contribution < 1.29 is 14.4 Å².